The second kappa shape index (κ2) is 10.3. The molecule has 3 rings (SSSR count). The molecule has 0 radical (unpaired) electrons. The number of fused-ring (bicyclic) bond motifs is 1. The Morgan fingerprint density at radius 1 is 0.929 bits per heavy atom. The van der Waals surface area contributed by atoms with Crippen LogP contribution in [0.15, 0.2) is 24.3 Å². The van der Waals surface area contributed by atoms with Crippen LogP contribution in [0.4, 0.5) is 4.39 Å². The molecule has 2 aromatic rings. The number of halogens is 1. The van der Waals surface area contributed by atoms with Gasteiger partial charge in [-0.15, -0.1) is 0 Å². The van der Waals surface area contributed by atoms with Crippen LogP contribution in [0.3, 0.4) is 0 Å². The number of aromatic nitrogens is 2. The average molecular weight is 491 g/mol. The molecule has 2 heterocycles. The van der Waals surface area contributed by atoms with Crippen LogP contribution in [0.25, 0.3) is 11.3 Å². The zero-order valence-corrected chi connectivity index (χ0v) is 20.9. The van der Waals surface area contributed by atoms with Gasteiger partial charge in [-0.05, 0) is 0 Å². The van der Waals surface area contributed by atoms with E-state index in [1.54, 1.807) is 15.8 Å². The van der Waals surface area contributed by atoms with Crippen LogP contribution >= 0.6 is 0 Å². The van der Waals surface area contributed by atoms with Gasteiger partial charge in [0, 0.05) is 0 Å². The monoisotopic (exact) mass is 492 g/mol. The van der Waals surface area contributed by atoms with Gasteiger partial charge < -0.3 is 0 Å². The summed E-state index contributed by atoms with van der Waals surface area (Å²) in [6.45, 7) is 8.13. The third-order valence-corrected chi connectivity index (χ3v) is 22.0. The molecule has 0 N–H and O–H groups in total. The zero-order chi connectivity index (χ0) is 20.0. The quantitative estimate of drug-likeness (QED) is 0.321. The average Bonchev–Trinajstić information content (AvgIpc) is 3.30. The van der Waals surface area contributed by atoms with Crippen LogP contribution in [0, 0.1) is 5.82 Å². The van der Waals surface area contributed by atoms with E-state index in [0.717, 1.165) is 18.5 Å². The van der Waals surface area contributed by atoms with Crippen molar-refractivity contribution in [3.8, 4) is 11.3 Å². The number of aryl methyl sites for hydroxylation is 1. The molecule has 1 aromatic heterocycles. The van der Waals surface area contributed by atoms with E-state index in [-0.39, 0.29) is 5.82 Å². The fraction of sp³-hybridized carbons (Fsp3) is 0.625. The van der Waals surface area contributed by atoms with E-state index in [1.165, 1.54) is 69.8 Å². The zero-order valence-electron chi connectivity index (χ0n) is 18.1. The first-order valence-corrected chi connectivity index (χ1v) is 19.0. The normalized spacial score (nSPS) is 13.9. The second-order valence-corrected chi connectivity index (χ2v) is 21.5. The Kier molecular flexibility index (Phi) is 8.01. The van der Waals surface area contributed by atoms with Gasteiger partial charge in [0.1, 0.15) is 0 Å². The van der Waals surface area contributed by atoms with E-state index in [1.807, 2.05) is 12.1 Å². The van der Waals surface area contributed by atoms with Crippen LogP contribution in [-0.4, -0.2) is 27.9 Å². The first-order valence-electron chi connectivity index (χ1n) is 11.5. The second-order valence-electron chi connectivity index (χ2n) is 8.58. The van der Waals surface area contributed by atoms with Gasteiger partial charge in [0.15, 0.2) is 0 Å². The Balaban J connectivity index is 2.14. The van der Waals surface area contributed by atoms with E-state index in [4.69, 9.17) is 4.98 Å². The number of hydrogen-bond acceptors (Lipinski definition) is 1. The van der Waals surface area contributed by atoms with Crippen LogP contribution in [-0.2, 0) is 13.0 Å². The number of hydrogen-bond donors (Lipinski definition) is 0. The third-order valence-electron chi connectivity index (χ3n) is 6.48. The summed E-state index contributed by atoms with van der Waals surface area (Å²) in [5.41, 5.74) is 2.35. The molecule has 0 amide bonds. The molecule has 2 nitrogen and oxygen atoms in total. The van der Waals surface area contributed by atoms with E-state index in [0.29, 0.717) is 0 Å². The van der Waals surface area contributed by atoms with Gasteiger partial charge >= 0.3 is 175 Å². The number of imidazole rings is 1. The molecule has 4 heteroatoms. The topological polar surface area (TPSA) is 17.8 Å². The van der Waals surface area contributed by atoms with Gasteiger partial charge in [-0.1, -0.05) is 0 Å². The van der Waals surface area contributed by atoms with Crippen molar-refractivity contribution in [3.05, 3.63) is 35.9 Å². The Hall–Kier alpha value is -0.841. The molecule has 0 unspecified atom stereocenters. The number of benzene rings is 1. The van der Waals surface area contributed by atoms with Gasteiger partial charge in [-0.2, -0.15) is 0 Å². The minimum absolute atomic E-state index is 0.158. The molecule has 0 aliphatic carbocycles. The Morgan fingerprint density at radius 2 is 1.50 bits per heavy atom. The SMILES string of the molecule is CCC[CH2][Sn]([CH2]CCC)([CH2]CCC)[c]1c(-c2ccc(F)cc2)nc2n1CCC2. The predicted octanol–water partition coefficient (Wildman–Crippen LogP) is 6.69. The number of rotatable bonds is 11. The van der Waals surface area contributed by atoms with Crippen molar-refractivity contribution in [2.45, 2.75) is 92.0 Å². The van der Waals surface area contributed by atoms with E-state index in [9.17, 15) is 4.39 Å². The summed E-state index contributed by atoms with van der Waals surface area (Å²) in [7, 11) is 0. The number of unbranched alkanes of at least 4 members (excludes halogenated alkanes) is 3. The molecule has 1 aliphatic heterocycles. The molecular weight excluding hydrogens is 454 g/mol. The van der Waals surface area contributed by atoms with Crippen molar-refractivity contribution in [1.82, 2.24) is 9.55 Å². The van der Waals surface area contributed by atoms with Crippen molar-refractivity contribution >= 4 is 22.1 Å². The Bertz CT molecular complexity index is 729. The van der Waals surface area contributed by atoms with Crippen molar-refractivity contribution in [3.63, 3.8) is 0 Å². The van der Waals surface area contributed by atoms with Crippen molar-refractivity contribution in [2.75, 3.05) is 0 Å². The summed E-state index contributed by atoms with van der Waals surface area (Å²) < 4.78 is 22.2. The van der Waals surface area contributed by atoms with E-state index >= 15 is 0 Å². The molecular formula is C24H37FN2Sn. The Labute approximate surface area is 174 Å². The van der Waals surface area contributed by atoms with E-state index in [2.05, 4.69) is 25.3 Å². The van der Waals surface area contributed by atoms with Crippen LogP contribution < -0.4 is 3.71 Å². The fourth-order valence-electron chi connectivity index (χ4n) is 4.95. The maximum atomic E-state index is 13.6. The first kappa shape index (κ1) is 21.9. The molecule has 0 atom stereocenters. The summed E-state index contributed by atoms with van der Waals surface area (Å²) >= 11 is -2.63. The van der Waals surface area contributed by atoms with Crippen molar-refractivity contribution < 1.29 is 4.39 Å². The maximum absolute atomic E-state index is 13.6. The van der Waals surface area contributed by atoms with Crippen LogP contribution in [0.1, 0.15) is 71.5 Å². The summed E-state index contributed by atoms with van der Waals surface area (Å²) in [5.74, 6) is 1.13. The molecule has 0 saturated heterocycles. The minimum atomic E-state index is -2.63. The Morgan fingerprint density at radius 3 is 2.04 bits per heavy atom. The van der Waals surface area contributed by atoms with Gasteiger partial charge in [-0.25, -0.2) is 0 Å². The summed E-state index contributed by atoms with van der Waals surface area (Å²) in [6, 6.07) is 7.11. The van der Waals surface area contributed by atoms with Gasteiger partial charge in [-0.3, -0.25) is 0 Å². The van der Waals surface area contributed by atoms with Crippen LogP contribution in [0.5, 0.6) is 0 Å². The summed E-state index contributed by atoms with van der Waals surface area (Å²) in [6.07, 6.45) is 10.2. The van der Waals surface area contributed by atoms with Gasteiger partial charge in [0.2, 0.25) is 0 Å². The molecule has 0 fully saturated rings. The third kappa shape index (κ3) is 4.66. The molecule has 1 aromatic carbocycles. The van der Waals surface area contributed by atoms with Gasteiger partial charge in [0.05, 0.1) is 0 Å². The molecule has 0 bridgehead atoms. The first-order chi connectivity index (χ1) is 13.6. The van der Waals surface area contributed by atoms with E-state index < -0.39 is 18.4 Å². The molecule has 0 spiro atoms. The van der Waals surface area contributed by atoms with Crippen molar-refractivity contribution in [1.29, 1.82) is 0 Å². The molecule has 0 saturated carbocycles. The number of nitrogens with zero attached hydrogens (tertiary/aromatic N) is 2. The molecule has 28 heavy (non-hydrogen) atoms. The van der Waals surface area contributed by atoms with Crippen molar-refractivity contribution in [2.24, 2.45) is 0 Å². The molecule has 154 valence electrons. The standard InChI is InChI=1S/C12H10FN2.3C4H9.Sn/c13-10-5-3-9(4-6-10)11-8-15-7-1-2-12(15)14-11;3*1-3-4-2;/h3-6H,1-2,7H2;3*1,3-4H2,2H3;. The fourth-order valence-corrected chi connectivity index (χ4v) is 22.3. The van der Waals surface area contributed by atoms with Gasteiger partial charge in [0.25, 0.3) is 0 Å². The predicted molar refractivity (Wildman–Crippen MR) is 120 cm³/mol. The van der Waals surface area contributed by atoms with Crippen LogP contribution in [0.2, 0.25) is 13.3 Å². The summed E-state index contributed by atoms with van der Waals surface area (Å²) in [5, 5.41) is 0. The summed E-state index contributed by atoms with van der Waals surface area (Å²) in [4.78, 5) is 5.17. The molecule has 1 aliphatic rings.